The maximum Gasteiger partial charge on any atom is 0.124 e. The Kier molecular flexibility index (Phi) is 14.9. The van der Waals surface area contributed by atoms with E-state index < -0.39 is 0 Å². The van der Waals surface area contributed by atoms with E-state index in [2.05, 4.69) is 23.8 Å². The molecule has 0 unspecified atom stereocenters. The third-order valence-electron chi connectivity index (χ3n) is 3.62. The third kappa shape index (κ3) is 11.3. The van der Waals surface area contributed by atoms with Crippen LogP contribution in [0.2, 0.25) is 0 Å². The predicted octanol–water partition coefficient (Wildman–Crippen LogP) is 5.22. The Morgan fingerprint density at radius 2 is 1.07 bits per heavy atom. The second kappa shape index (κ2) is 16.1. The average molecular weight is 406 g/mol. The van der Waals surface area contributed by atoms with Gasteiger partial charge in [0.25, 0.3) is 0 Å². The molecule has 0 aliphatic carbocycles. The summed E-state index contributed by atoms with van der Waals surface area (Å²) >= 11 is 0. The van der Waals surface area contributed by atoms with E-state index in [1.165, 1.54) is 0 Å². The summed E-state index contributed by atoms with van der Waals surface area (Å²) in [4.78, 5) is 8.41. The molecule has 4 nitrogen and oxygen atoms in total. The molecule has 0 aromatic heterocycles. The van der Waals surface area contributed by atoms with Gasteiger partial charge in [0.1, 0.15) is 11.5 Å². The van der Waals surface area contributed by atoms with Crippen LogP contribution in [0.15, 0.2) is 58.5 Å². The first-order valence-electron chi connectivity index (χ1n) is 9.24. The average Bonchev–Trinajstić information content (AvgIpc) is 2.66. The second-order valence-electron chi connectivity index (χ2n) is 5.90. The van der Waals surface area contributed by atoms with E-state index in [-0.39, 0.29) is 17.4 Å². The van der Waals surface area contributed by atoms with Crippen molar-refractivity contribution >= 4 is 12.4 Å². The Bertz CT molecular complexity index is 628. The van der Waals surface area contributed by atoms with Gasteiger partial charge >= 0.3 is 0 Å². The molecular weight excluding hydrogens is 376 g/mol. The van der Waals surface area contributed by atoms with E-state index in [1.54, 1.807) is 36.7 Å². The molecule has 2 rings (SSSR count). The summed E-state index contributed by atoms with van der Waals surface area (Å²) in [6.07, 6.45) is 7.96. The predicted molar refractivity (Wildman–Crippen MR) is 111 cm³/mol. The number of nitrogens with zero attached hydrogens (tertiary/aromatic N) is 2. The SMILES string of the molecule is CCCCN=Cc1ccccc1O.CCCCN=Cc1ccccc1O.[Cr]. The molecule has 0 bridgehead atoms. The minimum Gasteiger partial charge on any atom is -0.507 e. The molecule has 0 heterocycles. The summed E-state index contributed by atoms with van der Waals surface area (Å²) < 4.78 is 0. The molecule has 146 valence electrons. The number of phenols is 2. The molecule has 5 heteroatoms. The molecular formula is C22H30CrN2O2. The standard InChI is InChI=1S/2C11H15NO.Cr/c2*1-2-3-8-12-9-10-6-4-5-7-11(10)13;/h2*4-7,9,13H,2-3,8H2,1H3;. The summed E-state index contributed by atoms with van der Waals surface area (Å²) in [6.45, 7) is 5.95. The van der Waals surface area contributed by atoms with Crippen molar-refractivity contribution in [2.24, 2.45) is 9.98 Å². The molecule has 0 saturated carbocycles. The fourth-order valence-corrected chi connectivity index (χ4v) is 2.02. The van der Waals surface area contributed by atoms with Crippen LogP contribution in [0.25, 0.3) is 0 Å². The van der Waals surface area contributed by atoms with Crippen LogP contribution in [0.5, 0.6) is 11.5 Å². The Morgan fingerprint density at radius 1 is 0.704 bits per heavy atom. The van der Waals surface area contributed by atoms with Crippen molar-refractivity contribution in [2.45, 2.75) is 39.5 Å². The first kappa shape index (κ1) is 24.9. The van der Waals surface area contributed by atoms with Gasteiger partial charge in [0.15, 0.2) is 0 Å². The first-order valence-corrected chi connectivity index (χ1v) is 9.24. The minimum atomic E-state index is 0. The van der Waals surface area contributed by atoms with Crippen molar-refractivity contribution in [1.29, 1.82) is 0 Å². The van der Waals surface area contributed by atoms with E-state index in [0.29, 0.717) is 11.5 Å². The van der Waals surface area contributed by atoms with Crippen molar-refractivity contribution in [1.82, 2.24) is 0 Å². The van der Waals surface area contributed by atoms with Crippen LogP contribution in [0.4, 0.5) is 0 Å². The van der Waals surface area contributed by atoms with Gasteiger partial charge in [-0.15, -0.1) is 0 Å². The molecule has 2 aromatic carbocycles. The largest absolute Gasteiger partial charge is 0.507 e. The smallest absolute Gasteiger partial charge is 0.124 e. The zero-order valence-corrected chi connectivity index (χ0v) is 17.5. The number of hydrogen-bond donors (Lipinski definition) is 2. The Labute approximate surface area is 173 Å². The van der Waals surface area contributed by atoms with Crippen molar-refractivity contribution in [3.63, 3.8) is 0 Å². The first-order chi connectivity index (χ1) is 12.7. The summed E-state index contributed by atoms with van der Waals surface area (Å²) in [5.41, 5.74) is 1.58. The molecule has 2 aromatic rings. The molecule has 0 fully saturated rings. The monoisotopic (exact) mass is 406 g/mol. The van der Waals surface area contributed by atoms with Gasteiger partial charge in [-0.2, -0.15) is 0 Å². The van der Waals surface area contributed by atoms with E-state index in [1.807, 2.05) is 24.3 Å². The number of rotatable bonds is 8. The Balaban J connectivity index is 0.000000483. The molecule has 2 N–H and O–H groups in total. The van der Waals surface area contributed by atoms with Gasteiger partial charge < -0.3 is 10.2 Å². The third-order valence-corrected chi connectivity index (χ3v) is 3.62. The van der Waals surface area contributed by atoms with Crippen molar-refractivity contribution in [2.75, 3.05) is 13.1 Å². The molecule has 0 amide bonds. The maximum atomic E-state index is 9.38. The van der Waals surface area contributed by atoms with Gasteiger partial charge in [-0.25, -0.2) is 0 Å². The van der Waals surface area contributed by atoms with E-state index in [0.717, 1.165) is 49.9 Å². The van der Waals surface area contributed by atoms with E-state index in [9.17, 15) is 10.2 Å². The van der Waals surface area contributed by atoms with Crippen LogP contribution < -0.4 is 0 Å². The quantitative estimate of drug-likeness (QED) is 0.466. The second-order valence-corrected chi connectivity index (χ2v) is 5.90. The number of benzene rings is 2. The van der Waals surface area contributed by atoms with E-state index in [4.69, 9.17) is 0 Å². The van der Waals surface area contributed by atoms with Crippen LogP contribution in [-0.4, -0.2) is 35.7 Å². The molecule has 0 aliphatic rings. The summed E-state index contributed by atoms with van der Waals surface area (Å²) in [5.74, 6) is 0.588. The molecule has 0 spiro atoms. The summed E-state index contributed by atoms with van der Waals surface area (Å²) in [5, 5.41) is 18.8. The van der Waals surface area contributed by atoms with Crippen LogP contribution in [0.1, 0.15) is 50.7 Å². The molecule has 0 saturated heterocycles. The Hall–Kier alpha value is -2.09. The van der Waals surface area contributed by atoms with Gasteiger partial charge in [-0.1, -0.05) is 51.0 Å². The number of para-hydroxylation sites is 2. The van der Waals surface area contributed by atoms with Gasteiger partial charge in [0, 0.05) is 54.0 Å². The minimum absolute atomic E-state index is 0. The number of aromatic hydroxyl groups is 2. The molecule has 0 aliphatic heterocycles. The van der Waals surface area contributed by atoms with Crippen LogP contribution in [0, 0.1) is 0 Å². The number of aliphatic imine (C=N–C) groups is 2. The van der Waals surface area contributed by atoms with Gasteiger partial charge in [-0.3, -0.25) is 9.98 Å². The summed E-state index contributed by atoms with van der Waals surface area (Å²) in [7, 11) is 0. The number of unbranched alkanes of at least 4 members (excludes halogenated alkanes) is 2. The van der Waals surface area contributed by atoms with Crippen LogP contribution in [-0.2, 0) is 17.4 Å². The molecule has 0 atom stereocenters. The van der Waals surface area contributed by atoms with Gasteiger partial charge in [0.05, 0.1) is 0 Å². The topological polar surface area (TPSA) is 65.2 Å². The van der Waals surface area contributed by atoms with Gasteiger partial charge in [-0.05, 0) is 37.1 Å². The van der Waals surface area contributed by atoms with Crippen LogP contribution >= 0.6 is 0 Å². The van der Waals surface area contributed by atoms with Crippen molar-refractivity contribution in [3.05, 3.63) is 59.7 Å². The van der Waals surface area contributed by atoms with Crippen molar-refractivity contribution in [3.8, 4) is 11.5 Å². The van der Waals surface area contributed by atoms with Gasteiger partial charge in [0.2, 0.25) is 0 Å². The van der Waals surface area contributed by atoms with Crippen LogP contribution in [0.3, 0.4) is 0 Å². The van der Waals surface area contributed by atoms with Crippen molar-refractivity contribution < 1.29 is 27.6 Å². The summed E-state index contributed by atoms with van der Waals surface area (Å²) in [6, 6.07) is 14.4. The fourth-order valence-electron chi connectivity index (χ4n) is 2.02. The zero-order chi connectivity index (χ0) is 19.0. The fraction of sp³-hybridized carbons (Fsp3) is 0.364. The van der Waals surface area contributed by atoms with E-state index >= 15 is 0 Å². The molecule has 0 radical (unpaired) electrons. The Morgan fingerprint density at radius 3 is 1.41 bits per heavy atom. The maximum absolute atomic E-state index is 9.38. The number of phenolic OH excluding ortho intramolecular Hbond substituents is 2. The zero-order valence-electron chi connectivity index (χ0n) is 16.2. The molecule has 27 heavy (non-hydrogen) atoms. The number of hydrogen-bond acceptors (Lipinski definition) is 4. The normalized spacial score (nSPS) is 10.4.